The molecule has 0 aliphatic carbocycles. The van der Waals surface area contributed by atoms with Gasteiger partial charge in [0.25, 0.3) is 0 Å². The first-order valence-electron chi connectivity index (χ1n) is 4.51. The first kappa shape index (κ1) is 10.2. The Kier molecular flexibility index (Phi) is 4.49. The zero-order valence-electron chi connectivity index (χ0n) is 7.71. The summed E-state index contributed by atoms with van der Waals surface area (Å²) in [5.74, 6) is 0.0253. The standard InChI is InChI=1S/C9H16N2O2/c1-2-4-10-6-9(12)11-8-3-5-13-7-8/h2,8,10H,1,3-7H2,(H,11,12). The molecule has 0 radical (unpaired) electrons. The molecule has 1 amide bonds. The van der Waals surface area contributed by atoms with Gasteiger partial charge in [-0.05, 0) is 6.42 Å². The van der Waals surface area contributed by atoms with Crippen LogP contribution in [0.15, 0.2) is 12.7 Å². The van der Waals surface area contributed by atoms with E-state index in [1.807, 2.05) is 0 Å². The van der Waals surface area contributed by atoms with Crippen LogP contribution < -0.4 is 10.6 Å². The minimum Gasteiger partial charge on any atom is -0.379 e. The van der Waals surface area contributed by atoms with E-state index in [2.05, 4.69) is 17.2 Å². The van der Waals surface area contributed by atoms with Gasteiger partial charge in [-0.2, -0.15) is 0 Å². The summed E-state index contributed by atoms with van der Waals surface area (Å²) in [7, 11) is 0. The maximum atomic E-state index is 11.2. The maximum Gasteiger partial charge on any atom is 0.234 e. The Morgan fingerprint density at radius 3 is 3.15 bits per heavy atom. The predicted octanol–water partition coefficient (Wildman–Crippen LogP) is -0.333. The summed E-state index contributed by atoms with van der Waals surface area (Å²) in [6, 6.07) is 0.207. The Bertz CT molecular complexity index is 176. The Labute approximate surface area is 78.3 Å². The summed E-state index contributed by atoms with van der Waals surface area (Å²) >= 11 is 0. The smallest absolute Gasteiger partial charge is 0.234 e. The molecular formula is C9H16N2O2. The van der Waals surface area contributed by atoms with Crippen molar-refractivity contribution in [3.8, 4) is 0 Å². The number of hydrogen-bond acceptors (Lipinski definition) is 3. The van der Waals surface area contributed by atoms with E-state index in [-0.39, 0.29) is 11.9 Å². The zero-order valence-corrected chi connectivity index (χ0v) is 7.71. The fourth-order valence-electron chi connectivity index (χ4n) is 1.21. The molecule has 1 fully saturated rings. The normalized spacial score (nSPS) is 21.4. The highest BCUT2D eigenvalue weighted by molar-refractivity contribution is 5.78. The highest BCUT2D eigenvalue weighted by atomic mass is 16.5. The van der Waals surface area contributed by atoms with E-state index in [4.69, 9.17) is 4.74 Å². The lowest BCUT2D eigenvalue weighted by Crippen LogP contribution is -2.40. The maximum absolute atomic E-state index is 11.2. The van der Waals surface area contributed by atoms with Crippen LogP contribution >= 0.6 is 0 Å². The van der Waals surface area contributed by atoms with Crippen LogP contribution in [-0.2, 0) is 9.53 Å². The lowest BCUT2D eigenvalue weighted by Gasteiger charge is -2.10. The molecule has 0 aromatic rings. The summed E-state index contributed by atoms with van der Waals surface area (Å²) in [6.45, 7) is 5.96. The van der Waals surface area contributed by atoms with E-state index in [1.54, 1.807) is 6.08 Å². The van der Waals surface area contributed by atoms with Crippen LogP contribution in [0, 0.1) is 0 Å². The molecule has 0 saturated carbocycles. The fraction of sp³-hybridized carbons (Fsp3) is 0.667. The molecule has 2 N–H and O–H groups in total. The molecule has 4 heteroatoms. The number of rotatable bonds is 5. The summed E-state index contributed by atoms with van der Waals surface area (Å²) in [4.78, 5) is 11.2. The van der Waals surface area contributed by atoms with E-state index in [0.29, 0.717) is 19.7 Å². The van der Waals surface area contributed by atoms with Gasteiger partial charge in [0.05, 0.1) is 19.2 Å². The van der Waals surface area contributed by atoms with Gasteiger partial charge in [0, 0.05) is 13.2 Å². The summed E-state index contributed by atoms with van der Waals surface area (Å²) in [5.41, 5.74) is 0. The van der Waals surface area contributed by atoms with Crippen molar-refractivity contribution in [2.75, 3.05) is 26.3 Å². The molecule has 1 unspecified atom stereocenters. The molecule has 1 rings (SSSR count). The lowest BCUT2D eigenvalue weighted by atomic mass is 10.2. The minimum absolute atomic E-state index is 0.0253. The number of ether oxygens (including phenoxy) is 1. The van der Waals surface area contributed by atoms with Crippen LogP contribution in [0.1, 0.15) is 6.42 Å². The van der Waals surface area contributed by atoms with Crippen molar-refractivity contribution < 1.29 is 9.53 Å². The summed E-state index contributed by atoms with van der Waals surface area (Å²) < 4.78 is 5.13. The van der Waals surface area contributed by atoms with Crippen LogP contribution in [0.5, 0.6) is 0 Å². The first-order valence-corrected chi connectivity index (χ1v) is 4.51. The molecule has 1 aliphatic heterocycles. The predicted molar refractivity (Wildman–Crippen MR) is 50.4 cm³/mol. The average Bonchev–Trinajstić information content (AvgIpc) is 2.57. The van der Waals surface area contributed by atoms with Crippen LogP contribution in [0.3, 0.4) is 0 Å². The number of carbonyl (C=O) groups excluding carboxylic acids is 1. The fourth-order valence-corrected chi connectivity index (χ4v) is 1.21. The van der Waals surface area contributed by atoms with Crippen molar-refractivity contribution >= 4 is 5.91 Å². The number of carbonyl (C=O) groups is 1. The highest BCUT2D eigenvalue weighted by Crippen LogP contribution is 2.02. The van der Waals surface area contributed by atoms with Gasteiger partial charge < -0.3 is 15.4 Å². The second-order valence-electron chi connectivity index (χ2n) is 3.05. The van der Waals surface area contributed by atoms with Gasteiger partial charge in [0.1, 0.15) is 0 Å². The van der Waals surface area contributed by atoms with Gasteiger partial charge in [-0.25, -0.2) is 0 Å². The van der Waals surface area contributed by atoms with Crippen LogP contribution in [0.25, 0.3) is 0 Å². The molecular weight excluding hydrogens is 168 g/mol. The second-order valence-corrected chi connectivity index (χ2v) is 3.05. The summed E-state index contributed by atoms with van der Waals surface area (Å²) in [6.07, 6.45) is 2.65. The van der Waals surface area contributed by atoms with Gasteiger partial charge in [0.15, 0.2) is 0 Å². The molecule has 4 nitrogen and oxygen atoms in total. The molecule has 1 atom stereocenters. The third-order valence-corrected chi connectivity index (χ3v) is 1.87. The Morgan fingerprint density at radius 1 is 1.69 bits per heavy atom. The topological polar surface area (TPSA) is 50.4 Å². The zero-order chi connectivity index (χ0) is 9.52. The van der Waals surface area contributed by atoms with Gasteiger partial charge >= 0.3 is 0 Å². The Morgan fingerprint density at radius 2 is 2.54 bits per heavy atom. The van der Waals surface area contributed by atoms with Crippen LogP contribution in [-0.4, -0.2) is 38.3 Å². The molecule has 0 aromatic carbocycles. The molecule has 1 heterocycles. The van der Waals surface area contributed by atoms with E-state index in [0.717, 1.165) is 13.0 Å². The van der Waals surface area contributed by atoms with Crippen molar-refractivity contribution in [1.29, 1.82) is 0 Å². The number of amides is 1. The van der Waals surface area contributed by atoms with Gasteiger partial charge in [-0.15, -0.1) is 6.58 Å². The first-order chi connectivity index (χ1) is 6.33. The molecule has 1 saturated heterocycles. The van der Waals surface area contributed by atoms with Crippen molar-refractivity contribution in [1.82, 2.24) is 10.6 Å². The third kappa shape index (κ3) is 4.05. The second kappa shape index (κ2) is 5.72. The monoisotopic (exact) mass is 184 g/mol. The van der Waals surface area contributed by atoms with Gasteiger partial charge in [0.2, 0.25) is 5.91 Å². The van der Waals surface area contributed by atoms with Crippen molar-refractivity contribution in [3.63, 3.8) is 0 Å². The molecule has 13 heavy (non-hydrogen) atoms. The lowest BCUT2D eigenvalue weighted by molar-refractivity contribution is -0.120. The minimum atomic E-state index is 0.0253. The Balaban J connectivity index is 2.05. The van der Waals surface area contributed by atoms with Crippen molar-refractivity contribution in [2.45, 2.75) is 12.5 Å². The molecule has 0 spiro atoms. The van der Waals surface area contributed by atoms with E-state index in [1.165, 1.54) is 0 Å². The quantitative estimate of drug-likeness (QED) is 0.454. The largest absolute Gasteiger partial charge is 0.379 e. The molecule has 0 aromatic heterocycles. The van der Waals surface area contributed by atoms with Crippen molar-refractivity contribution in [3.05, 3.63) is 12.7 Å². The van der Waals surface area contributed by atoms with E-state index in [9.17, 15) is 4.79 Å². The van der Waals surface area contributed by atoms with Crippen LogP contribution in [0.2, 0.25) is 0 Å². The SMILES string of the molecule is C=CCNCC(=O)NC1CCOC1. The van der Waals surface area contributed by atoms with Crippen LogP contribution in [0.4, 0.5) is 0 Å². The third-order valence-electron chi connectivity index (χ3n) is 1.87. The summed E-state index contributed by atoms with van der Waals surface area (Å²) in [5, 5.41) is 5.81. The molecule has 74 valence electrons. The van der Waals surface area contributed by atoms with E-state index < -0.39 is 0 Å². The number of hydrogen-bond donors (Lipinski definition) is 2. The van der Waals surface area contributed by atoms with E-state index >= 15 is 0 Å². The van der Waals surface area contributed by atoms with Crippen molar-refractivity contribution in [2.24, 2.45) is 0 Å². The Hall–Kier alpha value is -0.870. The molecule has 0 bridgehead atoms. The number of nitrogens with one attached hydrogen (secondary N) is 2. The molecule has 1 aliphatic rings. The van der Waals surface area contributed by atoms with Gasteiger partial charge in [-0.1, -0.05) is 6.08 Å². The highest BCUT2D eigenvalue weighted by Gasteiger charge is 2.16. The van der Waals surface area contributed by atoms with Gasteiger partial charge in [-0.3, -0.25) is 4.79 Å². The average molecular weight is 184 g/mol.